The van der Waals surface area contributed by atoms with Crippen molar-refractivity contribution in [3.05, 3.63) is 23.8 Å². The van der Waals surface area contributed by atoms with Gasteiger partial charge in [0, 0.05) is 38.3 Å². The van der Waals surface area contributed by atoms with Crippen LogP contribution >= 0.6 is 0 Å². The summed E-state index contributed by atoms with van der Waals surface area (Å²) in [6, 6.07) is 5.24. The van der Waals surface area contributed by atoms with Crippen LogP contribution in [0.15, 0.2) is 18.2 Å². The molecule has 0 unspecified atom stereocenters. The molecule has 1 aromatic rings. The summed E-state index contributed by atoms with van der Waals surface area (Å²) in [5.41, 5.74) is 0.595. The van der Waals surface area contributed by atoms with Crippen molar-refractivity contribution in [2.45, 2.75) is 13.3 Å². The van der Waals surface area contributed by atoms with Gasteiger partial charge in [-0.1, -0.05) is 6.92 Å². The van der Waals surface area contributed by atoms with Crippen LogP contribution in [0.2, 0.25) is 0 Å². The Labute approximate surface area is 132 Å². The van der Waals surface area contributed by atoms with Gasteiger partial charge in [-0.2, -0.15) is 0 Å². The highest BCUT2D eigenvalue weighted by Gasteiger charge is 2.14. The maximum atomic E-state index is 10.8. The zero-order valence-electron chi connectivity index (χ0n) is 13.6. The lowest BCUT2D eigenvalue weighted by Gasteiger charge is -2.33. The topological polar surface area (TPSA) is 42.0 Å². The second-order valence-electron chi connectivity index (χ2n) is 5.51. The van der Waals surface area contributed by atoms with Gasteiger partial charge in [-0.15, -0.1) is 0 Å². The average molecular weight is 306 g/mol. The zero-order chi connectivity index (χ0) is 15.8. The van der Waals surface area contributed by atoms with E-state index in [0.29, 0.717) is 23.7 Å². The number of carbonyl (C=O) groups is 1. The first kappa shape index (κ1) is 16.8. The highest BCUT2D eigenvalue weighted by Crippen LogP contribution is 2.27. The molecule has 22 heavy (non-hydrogen) atoms. The first-order valence-corrected chi connectivity index (χ1v) is 7.97. The largest absolute Gasteiger partial charge is 0.493 e. The number of nitrogens with zero attached hydrogens (tertiary/aromatic N) is 2. The van der Waals surface area contributed by atoms with Crippen molar-refractivity contribution in [3.63, 3.8) is 0 Å². The molecule has 0 radical (unpaired) electrons. The van der Waals surface area contributed by atoms with E-state index in [1.807, 2.05) is 0 Å². The van der Waals surface area contributed by atoms with E-state index >= 15 is 0 Å². The molecular weight excluding hydrogens is 280 g/mol. The van der Waals surface area contributed by atoms with Crippen molar-refractivity contribution in [3.8, 4) is 11.5 Å². The van der Waals surface area contributed by atoms with Crippen LogP contribution in [0, 0.1) is 0 Å². The van der Waals surface area contributed by atoms with E-state index < -0.39 is 0 Å². The summed E-state index contributed by atoms with van der Waals surface area (Å²) >= 11 is 0. The number of rotatable bonds is 8. The van der Waals surface area contributed by atoms with Gasteiger partial charge in [0.15, 0.2) is 11.5 Å². The van der Waals surface area contributed by atoms with Gasteiger partial charge in [-0.25, -0.2) is 0 Å². The van der Waals surface area contributed by atoms with Crippen LogP contribution in [0.5, 0.6) is 11.5 Å². The molecule has 0 bridgehead atoms. The van der Waals surface area contributed by atoms with E-state index in [1.54, 1.807) is 25.3 Å². The van der Waals surface area contributed by atoms with Crippen LogP contribution in [0.3, 0.4) is 0 Å². The van der Waals surface area contributed by atoms with E-state index in [4.69, 9.17) is 9.47 Å². The molecule has 0 N–H and O–H groups in total. The molecule has 1 heterocycles. The Morgan fingerprint density at radius 3 is 2.50 bits per heavy atom. The summed E-state index contributed by atoms with van der Waals surface area (Å²) in [5, 5.41) is 0. The SMILES string of the molecule is CCN1CCN(CCCOc2ccc(C=O)cc2OC)CC1. The third-order valence-electron chi connectivity index (χ3n) is 4.11. The Hall–Kier alpha value is -1.59. The molecule has 122 valence electrons. The highest BCUT2D eigenvalue weighted by atomic mass is 16.5. The Kier molecular flexibility index (Phi) is 6.68. The minimum Gasteiger partial charge on any atom is -0.493 e. The van der Waals surface area contributed by atoms with Gasteiger partial charge in [0.25, 0.3) is 0 Å². The number of hydrogen-bond donors (Lipinski definition) is 0. The van der Waals surface area contributed by atoms with Crippen molar-refractivity contribution in [1.29, 1.82) is 0 Å². The Bertz CT molecular complexity index is 471. The Morgan fingerprint density at radius 2 is 1.86 bits per heavy atom. The molecule has 0 amide bonds. The fourth-order valence-electron chi connectivity index (χ4n) is 2.68. The molecule has 2 rings (SSSR count). The zero-order valence-corrected chi connectivity index (χ0v) is 13.6. The standard InChI is InChI=1S/C17H26N2O3/c1-3-18-8-10-19(11-9-18)7-4-12-22-16-6-5-15(14-20)13-17(16)21-2/h5-6,13-14H,3-4,7-12H2,1-2H3. The van der Waals surface area contributed by atoms with E-state index in [0.717, 1.165) is 38.9 Å². The smallest absolute Gasteiger partial charge is 0.161 e. The summed E-state index contributed by atoms with van der Waals surface area (Å²) in [7, 11) is 1.59. The van der Waals surface area contributed by atoms with E-state index in [1.165, 1.54) is 13.1 Å². The number of piperazine rings is 1. The molecule has 0 aliphatic carbocycles. The maximum Gasteiger partial charge on any atom is 0.161 e. The summed E-state index contributed by atoms with van der Waals surface area (Å²) < 4.78 is 11.0. The molecule has 1 fully saturated rings. The van der Waals surface area contributed by atoms with Gasteiger partial charge in [0.05, 0.1) is 13.7 Å². The summed E-state index contributed by atoms with van der Waals surface area (Å²) in [5.74, 6) is 1.31. The number of ether oxygens (including phenoxy) is 2. The molecular formula is C17H26N2O3. The van der Waals surface area contributed by atoms with Crippen molar-refractivity contribution in [2.75, 3.05) is 53.0 Å². The molecule has 0 spiro atoms. The minimum absolute atomic E-state index is 0.595. The monoisotopic (exact) mass is 306 g/mol. The predicted octanol–water partition coefficient (Wildman–Crippen LogP) is 1.91. The van der Waals surface area contributed by atoms with Crippen LogP contribution in [0.4, 0.5) is 0 Å². The fourth-order valence-corrected chi connectivity index (χ4v) is 2.68. The van der Waals surface area contributed by atoms with Gasteiger partial charge in [0.1, 0.15) is 6.29 Å². The molecule has 0 saturated carbocycles. The third kappa shape index (κ3) is 4.71. The van der Waals surface area contributed by atoms with Crippen molar-refractivity contribution >= 4 is 6.29 Å². The first-order chi connectivity index (χ1) is 10.8. The highest BCUT2D eigenvalue weighted by molar-refractivity contribution is 5.76. The number of methoxy groups -OCH3 is 1. The van der Waals surface area contributed by atoms with Crippen LogP contribution in [-0.2, 0) is 0 Å². The molecule has 5 heteroatoms. The van der Waals surface area contributed by atoms with E-state index in [-0.39, 0.29) is 0 Å². The molecule has 0 atom stereocenters. The van der Waals surface area contributed by atoms with E-state index in [2.05, 4.69) is 16.7 Å². The Balaban J connectivity index is 1.71. The molecule has 1 aliphatic rings. The lowest BCUT2D eigenvalue weighted by atomic mass is 10.2. The van der Waals surface area contributed by atoms with Crippen molar-refractivity contribution in [1.82, 2.24) is 9.80 Å². The number of benzene rings is 1. The molecule has 1 saturated heterocycles. The summed E-state index contributed by atoms with van der Waals surface area (Å²) in [6.45, 7) is 9.70. The lowest BCUT2D eigenvalue weighted by molar-refractivity contribution is 0.112. The third-order valence-corrected chi connectivity index (χ3v) is 4.11. The molecule has 1 aliphatic heterocycles. The van der Waals surface area contributed by atoms with Gasteiger partial charge >= 0.3 is 0 Å². The number of hydrogen-bond acceptors (Lipinski definition) is 5. The van der Waals surface area contributed by atoms with Crippen LogP contribution in [0.1, 0.15) is 23.7 Å². The molecule has 0 aromatic heterocycles. The Morgan fingerprint density at radius 1 is 1.14 bits per heavy atom. The average Bonchev–Trinajstić information content (AvgIpc) is 2.59. The predicted molar refractivity (Wildman–Crippen MR) is 87.0 cm³/mol. The van der Waals surface area contributed by atoms with Crippen LogP contribution < -0.4 is 9.47 Å². The summed E-state index contributed by atoms with van der Waals surface area (Å²) in [6.07, 6.45) is 1.80. The number of aldehydes is 1. The van der Waals surface area contributed by atoms with Crippen LogP contribution in [0.25, 0.3) is 0 Å². The lowest BCUT2D eigenvalue weighted by Crippen LogP contribution is -2.46. The van der Waals surface area contributed by atoms with Gasteiger partial charge < -0.3 is 19.3 Å². The second-order valence-corrected chi connectivity index (χ2v) is 5.51. The molecule has 5 nitrogen and oxygen atoms in total. The molecule has 1 aromatic carbocycles. The first-order valence-electron chi connectivity index (χ1n) is 7.97. The maximum absolute atomic E-state index is 10.8. The second kappa shape index (κ2) is 8.76. The van der Waals surface area contributed by atoms with Gasteiger partial charge in [0.2, 0.25) is 0 Å². The number of likely N-dealkylation sites (N-methyl/N-ethyl adjacent to an activating group) is 1. The quantitative estimate of drug-likeness (QED) is 0.542. The fraction of sp³-hybridized carbons (Fsp3) is 0.588. The summed E-state index contributed by atoms with van der Waals surface area (Å²) in [4.78, 5) is 15.7. The van der Waals surface area contributed by atoms with Crippen LogP contribution in [-0.4, -0.2) is 69.1 Å². The van der Waals surface area contributed by atoms with Crippen molar-refractivity contribution in [2.24, 2.45) is 0 Å². The normalized spacial score (nSPS) is 16.5. The van der Waals surface area contributed by atoms with Gasteiger partial charge in [-0.3, -0.25) is 4.79 Å². The minimum atomic E-state index is 0.595. The van der Waals surface area contributed by atoms with Gasteiger partial charge in [-0.05, 0) is 31.2 Å². The number of carbonyl (C=O) groups excluding carboxylic acids is 1. The van der Waals surface area contributed by atoms with Crippen molar-refractivity contribution < 1.29 is 14.3 Å². The van der Waals surface area contributed by atoms with E-state index in [9.17, 15) is 4.79 Å².